The summed E-state index contributed by atoms with van der Waals surface area (Å²) >= 11 is 2.15. The van der Waals surface area contributed by atoms with Gasteiger partial charge in [-0.15, -0.1) is 0 Å². The summed E-state index contributed by atoms with van der Waals surface area (Å²) in [6.07, 6.45) is 0.403. The van der Waals surface area contributed by atoms with Gasteiger partial charge in [0.05, 0.1) is 16.8 Å². The second-order valence-electron chi connectivity index (χ2n) is 7.36. The molecule has 0 aliphatic carbocycles. The maximum atomic E-state index is 11.8. The summed E-state index contributed by atoms with van der Waals surface area (Å²) < 4.78 is 29.3. The van der Waals surface area contributed by atoms with E-state index in [0.717, 1.165) is 9.13 Å². The topological polar surface area (TPSA) is 63.2 Å². The van der Waals surface area contributed by atoms with Gasteiger partial charge in [-0.3, -0.25) is 0 Å². The number of rotatable bonds is 8. The van der Waals surface area contributed by atoms with Gasteiger partial charge in [0.2, 0.25) is 8.32 Å². The number of carbonyl (C=O) groups is 1. The second-order valence-corrected chi connectivity index (χ2v) is 12.9. The Hall–Kier alpha value is -2.20. The second kappa shape index (κ2) is 9.08. The van der Waals surface area contributed by atoms with E-state index in [-0.39, 0.29) is 0 Å². The molecule has 3 rings (SSSR count). The number of methoxy groups -OCH3 is 1. The van der Waals surface area contributed by atoms with Crippen molar-refractivity contribution in [3.63, 3.8) is 0 Å². The maximum Gasteiger partial charge on any atom is 0.337 e. The van der Waals surface area contributed by atoms with Crippen molar-refractivity contribution in [2.75, 3.05) is 7.11 Å². The lowest BCUT2D eigenvalue weighted by atomic mass is 10.2. The van der Waals surface area contributed by atoms with E-state index in [1.807, 2.05) is 50.0 Å². The van der Waals surface area contributed by atoms with Crippen molar-refractivity contribution < 1.29 is 28.2 Å². The maximum absolute atomic E-state index is 11.8. The number of hydrogen-bond acceptors (Lipinski definition) is 6. The van der Waals surface area contributed by atoms with E-state index in [2.05, 4.69) is 22.6 Å². The molecule has 1 aliphatic rings. The van der Waals surface area contributed by atoms with E-state index in [4.69, 9.17) is 23.4 Å². The number of carbonyl (C=O) groups excluding carboxylic acids is 1. The quantitative estimate of drug-likeness (QED) is 0.278. The van der Waals surface area contributed by atoms with Crippen LogP contribution in [0.4, 0.5) is 0 Å². The van der Waals surface area contributed by atoms with E-state index < -0.39 is 20.6 Å². The summed E-state index contributed by atoms with van der Waals surface area (Å²) in [7, 11) is -0.363. The van der Waals surface area contributed by atoms with Crippen LogP contribution in [0.2, 0.25) is 19.6 Å². The number of benzene rings is 2. The third kappa shape index (κ3) is 5.89. The van der Waals surface area contributed by atoms with Crippen LogP contribution in [-0.4, -0.2) is 27.7 Å². The summed E-state index contributed by atoms with van der Waals surface area (Å²) in [4.78, 5) is 11.8. The van der Waals surface area contributed by atoms with Crippen molar-refractivity contribution in [3.05, 3.63) is 63.4 Å². The Morgan fingerprint density at radius 3 is 2.45 bits per heavy atom. The molecule has 0 radical (unpaired) electrons. The number of hydrogen-bond donors (Lipinski definition) is 0. The molecule has 8 heteroatoms. The summed E-state index contributed by atoms with van der Waals surface area (Å²) in [6.45, 7) is 6.49. The molecule has 1 atom stereocenters. The minimum atomic E-state index is -1.94. The van der Waals surface area contributed by atoms with Gasteiger partial charge >= 0.3 is 12.3 Å². The van der Waals surface area contributed by atoms with Gasteiger partial charge in [-0.25, -0.2) is 4.79 Å². The Bertz CT molecular complexity index is 907. The van der Waals surface area contributed by atoms with Gasteiger partial charge in [-0.2, -0.15) is 0 Å². The molecule has 0 amide bonds. The fourth-order valence-corrected chi connectivity index (χ4v) is 4.06. The molecular weight excluding hydrogens is 503 g/mol. The smallest absolute Gasteiger partial charge is 0.337 e. The monoisotopic (exact) mass is 526 g/mol. The summed E-state index contributed by atoms with van der Waals surface area (Å²) in [6, 6.07) is 13.4. The number of esters is 1. The molecule has 1 unspecified atom stereocenters. The summed E-state index contributed by atoms with van der Waals surface area (Å²) in [5.41, 5.74) is 1.05. The van der Waals surface area contributed by atoms with Gasteiger partial charge in [0.25, 0.3) is 0 Å². The van der Waals surface area contributed by atoms with Gasteiger partial charge in [-0.05, 0) is 47.8 Å². The van der Waals surface area contributed by atoms with E-state index in [1.54, 1.807) is 19.2 Å². The Morgan fingerprint density at radius 1 is 1.10 bits per heavy atom. The van der Waals surface area contributed by atoms with Crippen LogP contribution in [0, 0.1) is 3.57 Å². The van der Waals surface area contributed by atoms with E-state index in [1.165, 1.54) is 6.08 Å². The zero-order valence-corrected chi connectivity index (χ0v) is 19.9. The van der Waals surface area contributed by atoms with Crippen molar-refractivity contribution >= 4 is 36.9 Å². The molecule has 1 aliphatic heterocycles. The van der Waals surface area contributed by atoms with Crippen molar-refractivity contribution in [2.24, 2.45) is 0 Å². The van der Waals surface area contributed by atoms with Gasteiger partial charge in [0, 0.05) is 12.1 Å². The third-order valence-electron chi connectivity index (χ3n) is 3.83. The minimum absolute atomic E-state index is 0.388. The zero-order chi connectivity index (χ0) is 21.0. The normalized spacial score (nSPS) is 16.1. The van der Waals surface area contributed by atoms with Crippen molar-refractivity contribution in [2.45, 2.75) is 32.5 Å². The first-order chi connectivity index (χ1) is 13.7. The summed E-state index contributed by atoms with van der Waals surface area (Å²) in [5, 5.41) is 0. The Kier molecular flexibility index (Phi) is 6.73. The van der Waals surface area contributed by atoms with Crippen LogP contribution in [0.3, 0.4) is 0 Å². The average molecular weight is 526 g/mol. The Balaban J connectivity index is 1.81. The first kappa shape index (κ1) is 21.5. The number of halogens is 1. The Labute approximate surface area is 185 Å². The molecule has 6 nitrogen and oxygen atoms in total. The van der Waals surface area contributed by atoms with E-state index in [0.29, 0.717) is 29.6 Å². The molecule has 2 aromatic rings. The van der Waals surface area contributed by atoms with Crippen LogP contribution in [0.1, 0.15) is 5.56 Å². The summed E-state index contributed by atoms with van der Waals surface area (Å²) in [5.74, 6) is 1.58. The molecule has 29 heavy (non-hydrogen) atoms. The van der Waals surface area contributed by atoms with Crippen LogP contribution in [0.15, 0.2) is 54.3 Å². The van der Waals surface area contributed by atoms with Crippen molar-refractivity contribution in [3.8, 4) is 17.2 Å². The molecule has 0 saturated heterocycles. The minimum Gasteiger partial charge on any atom is -0.542 e. The molecular formula is C21H23IO6Si. The highest BCUT2D eigenvalue weighted by Crippen LogP contribution is 2.37. The first-order valence-electron chi connectivity index (χ1n) is 9.07. The molecule has 154 valence electrons. The van der Waals surface area contributed by atoms with Crippen molar-refractivity contribution in [1.82, 2.24) is 0 Å². The largest absolute Gasteiger partial charge is 0.542 e. The molecule has 0 fully saturated rings. The molecule has 1 heterocycles. The van der Waals surface area contributed by atoms with E-state index in [9.17, 15) is 4.79 Å². The number of ether oxygens (including phenoxy) is 4. The molecule has 2 aromatic carbocycles. The van der Waals surface area contributed by atoms with Crippen LogP contribution in [-0.2, 0) is 20.6 Å². The third-order valence-corrected chi connectivity index (χ3v) is 5.74. The molecule has 0 bridgehead atoms. The highest BCUT2D eigenvalue weighted by atomic mass is 127. The average Bonchev–Trinajstić information content (AvgIpc) is 3.00. The van der Waals surface area contributed by atoms with Crippen LogP contribution >= 0.6 is 22.6 Å². The Morgan fingerprint density at radius 2 is 1.79 bits per heavy atom. The lowest BCUT2D eigenvalue weighted by Crippen LogP contribution is -2.30. The number of cyclic esters (lactones) is 1. The first-order valence-corrected chi connectivity index (χ1v) is 13.6. The fraction of sp³-hybridized carbons (Fsp3) is 0.286. The van der Waals surface area contributed by atoms with Gasteiger partial charge in [-0.1, -0.05) is 30.3 Å². The predicted molar refractivity (Wildman–Crippen MR) is 120 cm³/mol. The van der Waals surface area contributed by atoms with Gasteiger partial charge in [0.15, 0.2) is 5.76 Å². The standard InChI is InChI=1S/C21H23IO6Si/c1-24-15-10-16(25-13-14-8-6-5-7-9-14)20(22)17(11-15)26-21-18(12-19(23)27-21)28-29(2,3)4/h5-12,21H,13H2,1-4H3. The lowest BCUT2D eigenvalue weighted by molar-refractivity contribution is -0.150. The molecule has 0 saturated carbocycles. The van der Waals surface area contributed by atoms with Crippen molar-refractivity contribution in [1.29, 1.82) is 0 Å². The SMILES string of the molecule is COc1cc(OCc2ccccc2)c(I)c(OC2OC(=O)C=C2O[Si](C)(C)C)c1. The van der Waals surface area contributed by atoms with Crippen LogP contribution in [0.25, 0.3) is 0 Å². The molecule has 0 spiro atoms. The predicted octanol–water partition coefficient (Wildman–Crippen LogP) is 4.88. The van der Waals surface area contributed by atoms with Gasteiger partial charge in [0.1, 0.15) is 23.9 Å². The highest BCUT2D eigenvalue weighted by molar-refractivity contribution is 14.1. The van der Waals surface area contributed by atoms with Crippen LogP contribution < -0.4 is 14.2 Å². The fourth-order valence-electron chi connectivity index (χ4n) is 2.60. The zero-order valence-electron chi connectivity index (χ0n) is 16.7. The van der Waals surface area contributed by atoms with Crippen LogP contribution in [0.5, 0.6) is 17.2 Å². The van der Waals surface area contributed by atoms with E-state index >= 15 is 0 Å². The lowest BCUT2D eigenvalue weighted by Gasteiger charge is -2.24. The highest BCUT2D eigenvalue weighted by Gasteiger charge is 2.34. The molecule has 0 N–H and O–H groups in total. The molecule has 0 aromatic heterocycles. The van der Waals surface area contributed by atoms with Gasteiger partial charge < -0.3 is 23.4 Å².